The van der Waals surface area contributed by atoms with Gasteiger partial charge in [0.05, 0.1) is 21.6 Å². The van der Waals surface area contributed by atoms with E-state index in [4.69, 9.17) is 21.1 Å². The molecule has 150 valence electrons. The highest BCUT2D eigenvalue weighted by molar-refractivity contribution is 6.35. The molecule has 1 heterocycles. The summed E-state index contributed by atoms with van der Waals surface area (Å²) in [4.78, 5) is 28.7. The Balaban J connectivity index is 1.80. The maximum absolute atomic E-state index is 12.3. The normalized spacial score (nSPS) is 15.0. The Bertz CT molecular complexity index is 920. The van der Waals surface area contributed by atoms with Crippen molar-refractivity contribution in [3.8, 4) is 5.75 Å². The predicted octanol–water partition coefficient (Wildman–Crippen LogP) is 3.68. The minimum absolute atomic E-state index is 0.225. The van der Waals surface area contributed by atoms with E-state index < -0.39 is 17.2 Å². The van der Waals surface area contributed by atoms with Gasteiger partial charge >= 0.3 is 6.09 Å². The Labute approximate surface area is 168 Å². The van der Waals surface area contributed by atoms with Crippen LogP contribution in [0.1, 0.15) is 44.0 Å². The SMILES string of the molecule is CNC(=O)c1cc2c(Cl)ccnc2cc1OCC1(NC(=O)OC(C)(C)C)CC1. The van der Waals surface area contributed by atoms with Crippen LogP contribution >= 0.6 is 11.6 Å². The summed E-state index contributed by atoms with van der Waals surface area (Å²) in [5, 5.41) is 6.66. The highest BCUT2D eigenvalue weighted by Crippen LogP contribution is 2.37. The number of rotatable bonds is 5. The number of aromatic nitrogens is 1. The number of hydrogen-bond acceptors (Lipinski definition) is 5. The molecule has 0 radical (unpaired) electrons. The molecule has 1 fully saturated rings. The quantitative estimate of drug-likeness (QED) is 0.791. The maximum Gasteiger partial charge on any atom is 0.408 e. The summed E-state index contributed by atoms with van der Waals surface area (Å²) in [5.74, 6) is 0.0978. The standard InChI is InChI=1S/C20H24ClN3O4/c1-19(2,3)28-18(26)24-20(6-7-20)11-27-16-10-15-12(14(21)5-8-23-15)9-13(16)17(25)22-4/h5,8-10H,6-7,11H2,1-4H3,(H,22,25)(H,24,26). The zero-order valence-electron chi connectivity index (χ0n) is 16.4. The Morgan fingerprint density at radius 1 is 1.29 bits per heavy atom. The second-order valence-electron chi connectivity index (χ2n) is 7.93. The monoisotopic (exact) mass is 405 g/mol. The Hall–Kier alpha value is -2.54. The molecule has 0 bridgehead atoms. The van der Waals surface area contributed by atoms with E-state index in [2.05, 4.69) is 15.6 Å². The molecular weight excluding hydrogens is 382 g/mol. The number of pyridine rings is 1. The van der Waals surface area contributed by atoms with Crippen molar-refractivity contribution in [3.63, 3.8) is 0 Å². The van der Waals surface area contributed by atoms with Gasteiger partial charge in [-0.25, -0.2) is 4.79 Å². The van der Waals surface area contributed by atoms with Crippen LogP contribution in [0, 0.1) is 0 Å². The van der Waals surface area contributed by atoms with Crippen molar-refractivity contribution >= 4 is 34.5 Å². The molecule has 1 aliphatic rings. The number of alkyl carbamates (subject to hydrolysis) is 1. The fourth-order valence-corrected chi connectivity index (χ4v) is 2.97. The van der Waals surface area contributed by atoms with Crippen LogP contribution in [0.3, 0.4) is 0 Å². The summed E-state index contributed by atoms with van der Waals surface area (Å²) in [5.41, 5.74) is -0.0755. The van der Waals surface area contributed by atoms with E-state index in [-0.39, 0.29) is 12.5 Å². The van der Waals surface area contributed by atoms with Crippen molar-refractivity contribution < 1.29 is 19.1 Å². The third-order valence-corrected chi connectivity index (χ3v) is 4.71. The van der Waals surface area contributed by atoms with Gasteiger partial charge in [-0.3, -0.25) is 9.78 Å². The zero-order chi connectivity index (χ0) is 20.5. The van der Waals surface area contributed by atoms with E-state index in [1.165, 1.54) is 0 Å². The molecule has 0 aliphatic heterocycles. The number of carbonyl (C=O) groups excluding carboxylic acids is 2. The molecule has 1 aromatic heterocycles. The molecule has 2 N–H and O–H groups in total. The number of halogens is 1. The largest absolute Gasteiger partial charge is 0.490 e. The summed E-state index contributed by atoms with van der Waals surface area (Å²) in [6.07, 6.45) is 2.67. The lowest BCUT2D eigenvalue weighted by atomic mass is 10.1. The molecule has 0 spiro atoms. The number of ether oxygens (including phenoxy) is 2. The predicted molar refractivity (Wildman–Crippen MR) is 107 cm³/mol. The third-order valence-electron chi connectivity index (χ3n) is 4.39. The van der Waals surface area contributed by atoms with Gasteiger partial charge in [0.1, 0.15) is 18.0 Å². The van der Waals surface area contributed by atoms with Gasteiger partial charge in [0.15, 0.2) is 0 Å². The summed E-state index contributed by atoms with van der Waals surface area (Å²) < 4.78 is 11.3. The minimum Gasteiger partial charge on any atom is -0.490 e. The number of fused-ring (bicyclic) bond motifs is 1. The van der Waals surface area contributed by atoms with Crippen LogP contribution in [0.25, 0.3) is 10.9 Å². The summed E-state index contributed by atoms with van der Waals surface area (Å²) in [6.45, 7) is 5.66. The van der Waals surface area contributed by atoms with Crippen molar-refractivity contribution in [2.45, 2.75) is 44.8 Å². The third kappa shape index (κ3) is 4.65. The molecule has 3 rings (SSSR count). The highest BCUT2D eigenvalue weighted by atomic mass is 35.5. The van der Waals surface area contributed by atoms with Gasteiger partial charge < -0.3 is 20.1 Å². The van der Waals surface area contributed by atoms with Gasteiger partial charge in [-0.15, -0.1) is 0 Å². The van der Waals surface area contributed by atoms with E-state index >= 15 is 0 Å². The van der Waals surface area contributed by atoms with Crippen LogP contribution in [0.2, 0.25) is 5.02 Å². The van der Waals surface area contributed by atoms with E-state index in [0.29, 0.717) is 27.2 Å². The molecule has 1 saturated carbocycles. The zero-order valence-corrected chi connectivity index (χ0v) is 17.1. The number of hydrogen-bond donors (Lipinski definition) is 2. The first-order chi connectivity index (χ1) is 13.1. The first kappa shape index (κ1) is 20.2. The van der Waals surface area contributed by atoms with Crippen LogP contribution in [-0.4, -0.2) is 41.8 Å². The lowest BCUT2D eigenvalue weighted by Crippen LogP contribution is -2.44. The minimum atomic E-state index is -0.573. The van der Waals surface area contributed by atoms with Gasteiger partial charge in [0.2, 0.25) is 0 Å². The van der Waals surface area contributed by atoms with Gasteiger partial charge in [-0.2, -0.15) is 0 Å². The van der Waals surface area contributed by atoms with Gasteiger partial charge in [-0.05, 0) is 45.7 Å². The average molecular weight is 406 g/mol. The van der Waals surface area contributed by atoms with Crippen molar-refractivity contribution in [2.75, 3.05) is 13.7 Å². The topological polar surface area (TPSA) is 89.5 Å². The Morgan fingerprint density at radius 3 is 2.61 bits per heavy atom. The number of nitrogens with one attached hydrogen (secondary N) is 2. The molecule has 7 nitrogen and oxygen atoms in total. The van der Waals surface area contributed by atoms with Crippen LogP contribution in [0.5, 0.6) is 5.75 Å². The smallest absolute Gasteiger partial charge is 0.408 e. The van der Waals surface area contributed by atoms with E-state index in [1.807, 2.05) is 20.8 Å². The van der Waals surface area contributed by atoms with Crippen LogP contribution < -0.4 is 15.4 Å². The van der Waals surface area contributed by atoms with E-state index in [1.54, 1.807) is 31.4 Å². The van der Waals surface area contributed by atoms with Gasteiger partial charge in [-0.1, -0.05) is 11.6 Å². The van der Waals surface area contributed by atoms with Crippen LogP contribution in [0.4, 0.5) is 4.79 Å². The fourth-order valence-electron chi connectivity index (χ4n) is 2.76. The lowest BCUT2D eigenvalue weighted by molar-refractivity contribution is 0.0476. The van der Waals surface area contributed by atoms with Crippen molar-refractivity contribution in [2.24, 2.45) is 0 Å². The Morgan fingerprint density at radius 2 is 2.00 bits per heavy atom. The number of benzene rings is 1. The molecular formula is C20H24ClN3O4. The second-order valence-corrected chi connectivity index (χ2v) is 8.34. The van der Waals surface area contributed by atoms with Crippen LogP contribution in [-0.2, 0) is 4.74 Å². The number of carbonyl (C=O) groups is 2. The molecule has 0 atom stereocenters. The summed E-state index contributed by atoms with van der Waals surface area (Å²) >= 11 is 6.22. The number of amides is 2. The van der Waals surface area contributed by atoms with Gasteiger partial charge in [0.25, 0.3) is 5.91 Å². The first-order valence-corrected chi connectivity index (χ1v) is 9.45. The summed E-state index contributed by atoms with van der Waals surface area (Å²) in [7, 11) is 1.55. The molecule has 8 heteroatoms. The fraction of sp³-hybridized carbons (Fsp3) is 0.450. The molecule has 28 heavy (non-hydrogen) atoms. The molecule has 1 aliphatic carbocycles. The molecule has 0 unspecified atom stereocenters. The second kappa shape index (κ2) is 7.47. The van der Waals surface area contributed by atoms with Crippen molar-refractivity contribution in [3.05, 3.63) is 35.0 Å². The Kier molecular flexibility index (Phi) is 5.39. The summed E-state index contributed by atoms with van der Waals surface area (Å²) in [6, 6.07) is 5.02. The average Bonchev–Trinajstić information content (AvgIpc) is 3.36. The van der Waals surface area contributed by atoms with Crippen molar-refractivity contribution in [1.29, 1.82) is 0 Å². The van der Waals surface area contributed by atoms with Crippen LogP contribution in [0.15, 0.2) is 24.4 Å². The molecule has 2 amide bonds. The number of nitrogens with zero attached hydrogens (tertiary/aromatic N) is 1. The maximum atomic E-state index is 12.3. The van der Waals surface area contributed by atoms with E-state index in [0.717, 1.165) is 12.8 Å². The van der Waals surface area contributed by atoms with Gasteiger partial charge in [0, 0.05) is 24.7 Å². The lowest BCUT2D eigenvalue weighted by Gasteiger charge is -2.24. The van der Waals surface area contributed by atoms with E-state index in [9.17, 15) is 9.59 Å². The molecule has 0 saturated heterocycles. The molecule has 1 aromatic carbocycles. The van der Waals surface area contributed by atoms with Crippen molar-refractivity contribution in [1.82, 2.24) is 15.6 Å². The highest BCUT2D eigenvalue weighted by Gasteiger charge is 2.46. The first-order valence-electron chi connectivity index (χ1n) is 9.07. The molecule has 2 aromatic rings.